The van der Waals surface area contributed by atoms with E-state index in [0.717, 1.165) is 6.07 Å². The Kier molecular flexibility index (Phi) is 3.28. The fourth-order valence-corrected chi connectivity index (χ4v) is 2.66. The maximum atomic E-state index is 13.4. The molecular formula is C13H6Cl2F2N2S. The van der Waals surface area contributed by atoms with Gasteiger partial charge in [-0.25, -0.2) is 8.78 Å². The van der Waals surface area contributed by atoms with Crippen molar-refractivity contribution in [1.29, 1.82) is 0 Å². The van der Waals surface area contributed by atoms with Crippen molar-refractivity contribution >= 4 is 46.5 Å². The van der Waals surface area contributed by atoms with Crippen LogP contribution < -0.4 is 0 Å². The Hall–Kier alpha value is -1.43. The predicted octanol–water partition coefficient (Wildman–Crippen LogP) is 5.27. The summed E-state index contributed by atoms with van der Waals surface area (Å²) in [6, 6.07) is 6.38. The molecule has 0 saturated heterocycles. The number of hydrogen-bond donors (Lipinski definition) is 1. The minimum Gasteiger partial charge on any atom is -0.330 e. The standard InChI is InChI=1S/C13H6Cl2F2N2S/c14-9-4-11-12(5-10(9)15)19(13(20)18-11)8-2-6(16)1-7(17)3-8/h1-5H,(H,18,20). The van der Waals surface area contributed by atoms with E-state index in [1.165, 1.54) is 16.7 Å². The van der Waals surface area contributed by atoms with E-state index in [2.05, 4.69) is 4.98 Å². The smallest absolute Gasteiger partial charge is 0.182 e. The number of nitrogens with zero attached hydrogens (tertiary/aromatic N) is 1. The van der Waals surface area contributed by atoms with Crippen LogP contribution in [-0.4, -0.2) is 9.55 Å². The summed E-state index contributed by atoms with van der Waals surface area (Å²) in [6.07, 6.45) is 0. The molecule has 1 N–H and O–H groups in total. The van der Waals surface area contributed by atoms with E-state index in [9.17, 15) is 8.78 Å². The van der Waals surface area contributed by atoms with Crippen LogP contribution >= 0.6 is 35.4 Å². The number of benzene rings is 2. The van der Waals surface area contributed by atoms with Crippen LogP contribution in [0.1, 0.15) is 0 Å². The Morgan fingerprint density at radius 3 is 2.20 bits per heavy atom. The van der Waals surface area contributed by atoms with Gasteiger partial charge in [-0.3, -0.25) is 4.57 Å². The average Bonchev–Trinajstić information content (AvgIpc) is 2.64. The lowest BCUT2D eigenvalue weighted by molar-refractivity contribution is 0.581. The summed E-state index contributed by atoms with van der Waals surface area (Å²) < 4.78 is 28.5. The Morgan fingerprint density at radius 2 is 1.55 bits per heavy atom. The van der Waals surface area contributed by atoms with Gasteiger partial charge in [-0.05, 0) is 36.5 Å². The molecule has 102 valence electrons. The first-order valence-corrected chi connectivity index (χ1v) is 6.68. The number of rotatable bonds is 1. The molecule has 0 aliphatic heterocycles. The lowest BCUT2D eigenvalue weighted by atomic mass is 10.2. The number of aromatic nitrogens is 2. The number of imidazole rings is 1. The molecule has 0 atom stereocenters. The highest BCUT2D eigenvalue weighted by Gasteiger charge is 2.11. The molecule has 0 aliphatic rings. The molecule has 2 nitrogen and oxygen atoms in total. The molecule has 3 rings (SSSR count). The fourth-order valence-electron chi connectivity index (χ4n) is 2.03. The van der Waals surface area contributed by atoms with E-state index in [-0.39, 0.29) is 5.69 Å². The van der Waals surface area contributed by atoms with Gasteiger partial charge in [0.25, 0.3) is 0 Å². The molecular weight excluding hydrogens is 325 g/mol. The van der Waals surface area contributed by atoms with Crippen molar-refractivity contribution in [2.45, 2.75) is 0 Å². The zero-order valence-corrected chi connectivity index (χ0v) is 12.1. The number of halogens is 4. The third-order valence-corrected chi connectivity index (χ3v) is 3.84. The molecule has 0 unspecified atom stereocenters. The zero-order valence-electron chi connectivity index (χ0n) is 9.75. The SMILES string of the molecule is Fc1cc(F)cc(-n2c(=S)[nH]c3cc(Cl)c(Cl)cc32)c1. The van der Waals surface area contributed by atoms with Gasteiger partial charge in [-0.2, -0.15) is 0 Å². The first-order valence-electron chi connectivity index (χ1n) is 5.52. The normalized spacial score (nSPS) is 11.2. The van der Waals surface area contributed by atoms with E-state index in [0.29, 0.717) is 25.8 Å². The quantitative estimate of drug-likeness (QED) is 0.602. The highest BCUT2D eigenvalue weighted by molar-refractivity contribution is 7.71. The summed E-state index contributed by atoms with van der Waals surface area (Å²) >= 11 is 17.1. The zero-order chi connectivity index (χ0) is 14.4. The molecule has 3 aromatic rings. The fraction of sp³-hybridized carbons (Fsp3) is 0. The second-order valence-corrected chi connectivity index (χ2v) is 5.38. The average molecular weight is 331 g/mol. The highest BCUT2D eigenvalue weighted by atomic mass is 35.5. The van der Waals surface area contributed by atoms with Gasteiger partial charge in [0, 0.05) is 6.07 Å². The molecule has 7 heteroatoms. The minimum atomic E-state index is -0.684. The molecule has 0 radical (unpaired) electrons. The monoisotopic (exact) mass is 330 g/mol. The van der Waals surface area contributed by atoms with Crippen molar-refractivity contribution in [2.24, 2.45) is 0 Å². The summed E-state index contributed by atoms with van der Waals surface area (Å²) in [5.41, 5.74) is 1.50. The molecule has 0 bridgehead atoms. The van der Waals surface area contributed by atoms with Crippen LogP contribution in [0.3, 0.4) is 0 Å². The van der Waals surface area contributed by atoms with Crippen LogP contribution in [0.4, 0.5) is 8.78 Å². The minimum absolute atomic E-state index is 0.275. The van der Waals surface area contributed by atoms with Gasteiger partial charge in [0.2, 0.25) is 0 Å². The van der Waals surface area contributed by atoms with Crippen molar-refractivity contribution in [3.63, 3.8) is 0 Å². The highest BCUT2D eigenvalue weighted by Crippen LogP contribution is 2.29. The van der Waals surface area contributed by atoms with Gasteiger partial charge < -0.3 is 4.98 Å². The topological polar surface area (TPSA) is 20.7 Å². The maximum absolute atomic E-state index is 13.4. The van der Waals surface area contributed by atoms with Crippen molar-refractivity contribution in [3.05, 3.63) is 56.8 Å². The molecule has 1 aromatic heterocycles. The van der Waals surface area contributed by atoms with E-state index >= 15 is 0 Å². The molecule has 0 aliphatic carbocycles. The van der Waals surface area contributed by atoms with E-state index in [1.54, 1.807) is 12.1 Å². The lowest BCUT2D eigenvalue weighted by Crippen LogP contribution is -1.96. The Labute approximate surface area is 127 Å². The molecule has 0 spiro atoms. The molecule has 2 aromatic carbocycles. The number of H-pyrrole nitrogens is 1. The second-order valence-electron chi connectivity index (χ2n) is 4.18. The van der Waals surface area contributed by atoms with Crippen LogP contribution in [0.2, 0.25) is 10.0 Å². The van der Waals surface area contributed by atoms with E-state index in [1.807, 2.05) is 0 Å². The Bertz CT molecular complexity index is 866. The summed E-state index contributed by atoms with van der Waals surface area (Å²) in [6.45, 7) is 0. The van der Waals surface area contributed by atoms with Crippen molar-refractivity contribution in [3.8, 4) is 5.69 Å². The van der Waals surface area contributed by atoms with Gasteiger partial charge in [-0.15, -0.1) is 0 Å². The summed E-state index contributed by atoms with van der Waals surface area (Å²) in [5.74, 6) is -1.37. The van der Waals surface area contributed by atoms with Gasteiger partial charge >= 0.3 is 0 Å². The predicted molar refractivity (Wildman–Crippen MR) is 78.4 cm³/mol. The van der Waals surface area contributed by atoms with Crippen LogP contribution in [0.15, 0.2) is 30.3 Å². The molecule has 0 fully saturated rings. The summed E-state index contributed by atoms with van der Waals surface area (Å²) in [7, 11) is 0. The van der Waals surface area contributed by atoms with E-state index in [4.69, 9.17) is 35.4 Å². The van der Waals surface area contributed by atoms with Crippen molar-refractivity contribution in [1.82, 2.24) is 9.55 Å². The summed E-state index contributed by atoms with van der Waals surface area (Å²) in [5, 5.41) is 0.701. The molecule has 0 saturated carbocycles. The van der Waals surface area contributed by atoms with Gasteiger partial charge in [0.15, 0.2) is 4.77 Å². The first kappa shape index (κ1) is 13.5. The van der Waals surface area contributed by atoms with Gasteiger partial charge in [0.1, 0.15) is 11.6 Å². The Morgan fingerprint density at radius 1 is 0.950 bits per heavy atom. The van der Waals surface area contributed by atoms with Crippen LogP contribution in [0, 0.1) is 16.4 Å². The maximum Gasteiger partial charge on any atom is 0.182 e. The van der Waals surface area contributed by atoms with E-state index < -0.39 is 11.6 Å². The first-order chi connectivity index (χ1) is 9.45. The lowest BCUT2D eigenvalue weighted by Gasteiger charge is -2.06. The molecule has 0 amide bonds. The van der Waals surface area contributed by atoms with Crippen molar-refractivity contribution in [2.75, 3.05) is 0 Å². The number of aromatic amines is 1. The summed E-state index contributed by atoms with van der Waals surface area (Å²) in [4.78, 5) is 2.92. The van der Waals surface area contributed by atoms with Gasteiger partial charge in [-0.1, -0.05) is 23.2 Å². The molecule has 20 heavy (non-hydrogen) atoms. The third-order valence-electron chi connectivity index (χ3n) is 2.83. The van der Waals surface area contributed by atoms with Crippen molar-refractivity contribution < 1.29 is 8.78 Å². The Balaban J connectivity index is 2.38. The van der Waals surface area contributed by atoms with Crippen LogP contribution in [0.25, 0.3) is 16.7 Å². The number of fused-ring (bicyclic) bond motifs is 1. The molecule has 1 heterocycles. The largest absolute Gasteiger partial charge is 0.330 e. The number of nitrogens with one attached hydrogen (secondary N) is 1. The third kappa shape index (κ3) is 2.22. The van der Waals surface area contributed by atoms with Crippen LogP contribution in [-0.2, 0) is 0 Å². The second kappa shape index (κ2) is 4.84. The van der Waals surface area contributed by atoms with Crippen LogP contribution in [0.5, 0.6) is 0 Å². The number of hydrogen-bond acceptors (Lipinski definition) is 1. The van der Waals surface area contributed by atoms with Gasteiger partial charge in [0.05, 0.1) is 26.8 Å².